The number of hydroxylamine groups is 1. The van der Waals surface area contributed by atoms with E-state index in [1.807, 2.05) is 0 Å². The minimum absolute atomic E-state index is 0.0948. The molecule has 0 aliphatic carbocycles. The molecule has 0 radical (unpaired) electrons. The van der Waals surface area contributed by atoms with Crippen molar-refractivity contribution in [2.45, 2.75) is 0 Å². The van der Waals surface area contributed by atoms with Gasteiger partial charge in [0.05, 0.1) is 6.21 Å². The molecule has 5 N–H and O–H groups in total. The number of aromatic hydroxyl groups is 2. The molecule has 2 amide bonds. The lowest BCUT2D eigenvalue weighted by Gasteiger charge is -2.03. The van der Waals surface area contributed by atoms with Crippen LogP contribution in [-0.4, -0.2) is 33.4 Å². The van der Waals surface area contributed by atoms with E-state index in [0.29, 0.717) is 5.56 Å². The first-order valence-corrected chi connectivity index (χ1v) is 6.41. The average Bonchev–Trinajstić information content (AvgIpc) is 2.56. The maximum atomic E-state index is 11.9. The van der Waals surface area contributed by atoms with Crippen molar-refractivity contribution in [3.05, 3.63) is 59.2 Å². The van der Waals surface area contributed by atoms with Gasteiger partial charge in [-0.05, 0) is 30.3 Å². The molecule has 0 fully saturated rings. The van der Waals surface area contributed by atoms with Crippen LogP contribution in [0.15, 0.2) is 47.6 Å². The van der Waals surface area contributed by atoms with Gasteiger partial charge in [0.2, 0.25) is 0 Å². The summed E-state index contributed by atoms with van der Waals surface area (Å²) < 4.78 is 0. The number of hydrogen-bond donors (Lipinski definition) is 5. The van der Waals surface area contributed by atoms with Gasteiger partial charge in [-0.1, -0.05) is 6.07 Å². The highest BCUT2D eigenvalue weighted by molar-refractivity contribution is 5.99. The van der Waals surface area contributed by atoms with E-state index in [-0.39, 0.29) is 22.6 Å². The number of hydrazone groups is 1. The second-order valence-electron chi connectivity index (χ2n) is 4.46. The van der Waals surface area contributed by atoms with Crippen LogP contribution in [0, 0.1) is 0 Å². The predicted molar refractivity (Wildman–Crippen MR) is 80.5 cm³/mol. The molecule has 23 heavy (non-hydrogen) atoms. The molecule has 0 atom stereocenters. The van der Waals surface area contributed by atoms with E-state index in [2.05, 4.69) is 10.5 Å². The predicted octanol–water partition coefficient (Wildman–Crippen LogP) is 0.981. The van der Waals surface area contributed by atoms with Crippen LogP contribution in [-0.2, 0) is 0 Å². The van der Waals surface area contributed by atoms with Gasteiger partial charge in [-0.25, -0.2) is 10.9 Å². The van der Waals surface area contributed by atoms with E-state index in [9.17, 15) is 14.7 Å². The van der Waals surface area contributed by atoms with E-state index in [1.54, 1.807) is 0 Å². The lowest BCUT2D eigenvalue weighted by molar-refractivity contribution is 0.0706. The molecule has 0 spiro atoms. The van der Waals surface area contributed by atoms with E-state index in [1.165, 1.54) is 48.1 Å². The summed E-state index contributed by atoms with van der Waals surface area (Å²) in [5.74, 6) is -1.60. The molecule has 0 heterocycles. The van der Waals surface area contributed by atoms with Gasteiger partial charge in [-0.3, -0.25) is 14.8 Å². The molecular weight excluding hydrogens is 302 g/mol. The maximum Gasteiger partial charge on any atom is 0.274 e. The number of carbonyl (C=O) groups excluding carboxylic acids is 2. The van der Waals surface area contributed by atoms with Crippen molar-refractivity contribution in [2.24, 2.45) is 5.10 Å². The first-order chi connectivity index (χ1) is 11.0. The number of benzene rings is 2. The number of amides is 2. The van der Waals surface area contributed by atoms with Crippen molar-refractivity contribution in [3.8, 4) is 11.5 Å². The third-order valence-corrected chi connectivity index (χ3v) is 2.87. The van der Waals surface area contributed by atoms with Crippen LogP contribution in [0.5, 0.6) is 11.5 Å². The second kappa shape index (κ2) is 7.05. The zero-order valence-corrected chi connectivity index (χ0v) is 11.7. The molecule has 0 bridgehead atoms. The smallest absolute Gasteiger partial charge is 0.274 e. The number of hydrogen-bond acceptors (Lipinski definition) is 6. The van der Waals surface area contributed by atoms with Crippen LogP contribution >= 0.6 is 0 Å². The molecule has 0 aliphatic rings. The number of phenolic OH excluding ortho intramolecular Hbond substituents is 2. The Bertz CT molecular complexity index is 773. The Labute approximate surface area is 130 Å². The normalized spacial score (nSPS) is 10.5. The highest BCUT2D eigenvalue weighted by Gasteiger charge is 2.09. The van der Waals surface area contributed by atoms with Crippen molar-refractivity contribution in [3.63, 3.8) is 0 Å². The first kappa shape index (κ1) is 16.0. The van der Waals surface area contributed by atoms with Crippen molar-refractivity contribution in [1.29, 1.82) is 0 Å². The van der Waals surface area contributed by atoms with E-state index in [0.717, 1.165) is 6.07 Å². The summed E-state index contributed by atoms with van der Waals surface area (Å²) in [5, 5.41) is 31.0. The highest BCUT2D eigenvalue weighted by Crippen LogP contribution is 2.20. The quantitative estimate of drug-likeness (QED) is 0.326. The zero-order valence-electron chi connectivity index (χ0n) is 11.7. The molecule has 8 heteroatoms. The Kier molecular flexibility index (Phi) is 4.90. The van der Waals surface area contributed by atoms with Crippen molar-refractivity contribution in [2.75, 3.05) is 0 Å². The van der Waals surface area contributed by atoms with Crippen molar-refractivity contribution >= 4 is 18.0 Å². The topological polar surface area (TPSA) is 131 Å². The summed E-state index contributed by atoms with van der Waals surface area (Å²) in [7, 11) is 0. The number of phenols is 2. The molecule has 0 unspecified atom stereocenters. The van der Waals surface area contributed by atoms with Crippen LogP contribution in [0.2, 0.25) is 0 Å². The highest BCUT2D eigenvalue weighted by atomic mass is 16.5. The maximum absolute atomic E-state index is 11.9. The molecular formula is C15H13N3O5. The lowest BCUT2D eigenvalue weighted by Crippen LogP contribution is -2.21. The van der Waals surface area contributed by atoms with Gasteiger partial charge in [-0.15, -0.1) is 0 Å². The SMILES string of the molecule is O=C(NO)c1cccc(C(=O)N/N=C/c2ccc(O)cc2O)c1. The Balaban J connectivity index is 2.07. The molecule has 0 saturated carbocycles. The summed E-state index contributed by atoms with van der Waals surface area (Å²) in [4.78, 5) is 23.2. The molecule has 0 saturated heterocycles. The van der Waals surface area contributed by atoms with Gasteiger partial charge < -0.3 is 10.2 Å². The monoisotopic (exact) mass is 315 g/mol. The van der Waals surface area contributed by atoms with Crippen molar-refractivity contribution < 1.29 is 25.0 Å². The number of carbonyl (C=O) groups is 2. The van der Waals surface area contributed by atoms with Crippen LogP contribution < -0.4 is 10.9 Å². The Morgan fingerprint density at radius 2 is 1.70 bits per heavy atom. The fraction of sp³-hybridized carbons (Fsp3) is 0. The van der Waals surface area contributed by atoms with E-state index >= 15 is 0 Å². The zero-order chi connectivity index (χ0) is 16.8. The van der Waals surface area contributed by atoms with Gasteiger partial charge in [0, 0.05) is 22.8 Å². The third-order valence-electron chi connectivity index (χ3n) is 2.87. The summed E-state index contributed by atoms with van der Waals surface area (Å²) in [5.41, 5.74) is 4.29. The van der Waals surface area contributed by atoms with Crippen LogP contribution in [0.1, 0.15) is 26.3 Å². The number of rotatable bonds is 4. The second-order valence-corrected chi connectivity index (χ2v) is 4.46. The summed E-state index contributed by atoms with van der Waals surface area (Å²) >= 11 is 0. The fourth-order valence-corrected chi connectivity index (χ4v) is 1.73. The molecule has 2 rings (SSSR count). The van der Waals surface area contributed by atoms with Gasteiger partial charge >= 0.3 is 0 Å². The van der Waals surface area contributed by atoms with Crippen LogP contribution in [0.4, 0.5) is 0 Å². The standard InChI is InChI=1S/C15H13N3O5/c19-12-5-4-11(13(20)7-12)8-16-17-14(21)9-2-1-3-10(6-9)15(22)18-23/h1-8,19-20,23H,(H,17,21)(H,18,22)/b16-8+. The molecule has 2 aromatic carbocycles. The number of nitrogens with one attached hydrogen (secondary N) is 2. The van der Waals surface area contributed by atoms with Gasteiger partial charge in [0.1, 0.15) is 11.5 Å². The summed E-state index contributed by atoms with van der Waals surface area (Å²) in [6.07, 6.45) is 1.21. The largest absolute Gasteiger partial charge is 0.508 e. The lowest BCUT2D eigenvalue weighted by atomic mass is 10.1. The van der Waals surface area contributed by atoms with Crippen molar-refractivity contribution in [1.82, 2.24) is 10.9 Å². The Morgan fingerprint density at radius 1 is 1.00 bits per heavy atom. The summed E-state index contributed by atoms with van der Waals surface area (Å²) in [6.45, 7) is 0. The van der Waals surface area contributed by atoms with Crippen LogP contribution in [0.3, 0.4) is 0 Å². The van der Waals surface area contributed by atoms with E-state index < -0.39 is 11.8 Å². The minimum Gasteiger partial charge on any atom is -0.508 e. The summed E-state index contributed by atoms with van der Waals surface area (Å²) in [6, 6.07) is 9.59. The molecule has 0 aliphatic heterocycles. The molecule has 0 aromatic heterocycles. The Hall–Kier alpha value is -3.39. The van der Waals surface area contributed by atoms with Gasteiger partial charge in [0.25, 0.3) is 11.8 Å². The number of nitrogens with zero attached hydrogens (tertiary/aromatic N) is 1. The molecule has 2 aromatic rings. The van der Waals surface area contributed by atoms with E-state index in [4.69, 9.17) is 10.3 Å². The first-order valence-electron chi connectivity index (χ1n) is 6.41. The average molecular weight is 315 g/mol. The minimum atomic E-state index is -0.739. The van der Waals surface area contributed by atoms with Gasteiger partial charge in [0.15, 0.2) is 0 Å². The van der Waals surface area contributed by atoms with Gasteiger partial charge in [-0.2, -0.15) is 5.10 Å². The third kappa shape index (κ3) is 4.05. The Morgan fingerprint density at radius 3 is 2.35 bits per heavy atom. The fourth-order valence-electron chi connectivity index (χ4n) is 1.73. The molecule has 118 valence electrons. The molecule has 8 nitrogen and oxygen atoms in total. The van der Waals surface area contributed by atoms with Crippen LogP contribution in [0.25, 0.3) is 0 Å².